The summed E-state index contributed by atoms with van der Waals surface area (Å²) in [5.41, 5.74) is 0.294. The number of aliphatic hydroxyl groups is 1. The van der Waals surface area contributed by atoms with E-state index in [1.54, 1.807) is 48.6 Å². The van der Waals surface area contributed by atoms with E-state index in [1.165, 1.54) is 14.2 Å². The third-order valence-electron chi connectivity index (χ3n) is 4.78. The predicted octanol–water partition coefficient (Wildman–Crippen LogP) is 3.19. The van der Waals surface area contributed by atoms with Gasteiger partial charge >= 0.3 is 0 Å². The molecule has 0 aliphatic carbocycles. The Labute approximate surface area is 163 Å². The van der Waals surface area contributed by atoms with E-state index in [1.807, 2.05) is 6.92 Å². The van der Waals surface area contributed by atoms with Gasteiger partial charge in [-0.1, -0.05) is 36.4 Å². The van der Waals surface area contributed by atoms with Crippen LogP contribution in [0.15, 0.2) is 54.6 Å². The van der Waals surface area contributed by atoms with Crippen LogP contribution in [0, 0.1) is 0 Å². The molecule has 0 radical (unpaired) electrons. The summed E-state index contributed by atoms with van der Waals surface area (Å²) in [6.45, 7) is 5.64. The fraction of sp³-hybridized carbons (Fsp3) is 0.227. The number of phenols is 1. The maximum Gasteiger partial charge on any atom is 0.257 e. The Kier molecular flexibility index (Phi) is 5.27. The number of aromatic hydroxyl groups is 1. The summed E-state index contributed by atoms with van der Waals surface area (Å²) in [5, 5.41) is 25.4. The van der Waals surface area contributed by atoms with E-state index in [4.69, 9.17) is 9.47 Å². The molecule has 6 heteroatoms. The molecule has 3 N–H and O–H groups in total. The van der Waals surface area contributed by atoms with E-state index >= 15 is 0 Å². The van der Waals surface area contributed by atoms with Crippen molar-refractivity contribution in [2.75, 3.05) is 19.5 Å². The Morgan fingerprint density at radius 1 is 1.21 bits per heavy atom. The van der Waals surface area contributed by atoms with Gasteiger partial charge in [0.25, 0.3) is 5.91 Å². The van der Waals surface area contributed by atoms with Crippen LogP contribution in [0.5, 0.6) is 11.5 Å². The summed E-state index contributed by atoms with van der Waals surface area (Å²) in [6, 6.07) is 9.94. The van der Waals surface area contributed by atoms with Crippen LogP contribution < -0.4 is 10.1 Å². The number of amides is 1. The molecule has 0 saturated carbocycles. The number of carbonyl (C=O) groups excluding carboxylic acids is 1. The van der Waals surface area contributed by atoms with Crippen LogP contribution in [0.25, 0.3) is 6.08 Å². The fourth-order valence-corrected chi connectivity index (χ4v) is 3.40. The van der Waals surface area contributed by atoms with Crippen molar-refractivity contribution in [1.82, 2.24) is 0 Å². The van der Waals surface area contributed by atoms with Crippen molar-refractivity contribution in [2.45, 2.75) is 18.6 Å². The first-order chi connectivity index (χ1) is 13.3. The van der Waals surface area contributed by atoms with Crippen molar-refractivity contribution < 1.29 is 24.5 Å². The second-order valence-corrected chi connectivity index (χ2v) is 6.71. The quantitative estimate of drug-likeness (QED) is 0.693. The van der Waals surface area contributed by atoms with Crippen LogP contribution in [0.3, 0.4) is 0 Å². The maximum atomic E-state index is 12.6. The van der Waals surface area contributed by atoms with Crippen molar-refractivity contribution in [3.8, 4) is 11.5 Å². The molecule has 1 amide bonds. The summed E-state index contributed by atoms with van der Waals surface area (Å²) >= 11 is 0. The van der Waals surface area contributed by atoms with Gasteiger partial charge < -0.3 is 25.0 Å². The second kappa shape index (κ2) is 7.50. The third kappa shape index (κ3) is 3.17. The van der Waals surface area contributed by atoms with E-state index < -0.39 is 17.6 Å². The van der Waals surface area contributed by atoms with E-state index in [2.05, 4.69) is 11.9 Å². The van der Waals surface area contributed by atoms with E-state index in [-0.39, 0.29) is 11.3 Å². The van der Waals surface area contributed by atoms with E-state index in [0.717, 1.165) is 5.57 Å². The molecule has 2 atom stereocenters. The van der Waals surface area contributed by atoms with Gasteiger partial charge in [-0.3, -0.25) is 4.79 Å². The van der Waals surface area contributed by atoms with Gasteiger partial charge in [-0.25, -0.2) is 0 Å². The van der Waals surface area contributed by atoms with Crippen LogP contribution in [-0.4, -0.2) is 36.4 Å². The molecule has 28 heavy (non-hydrogen) atoms. The molecule has 1 aliphatic rings. The standard InChI is InChI=1S/C22H23NO5/c1-13(2)5-6-14-7-12-17-18(19(14)24)22(26,20(28-4)21(25)23-17)15-8-10-16(27-3)11-9-15/h5-12,20,24,26H,1H2,2-4H3,(H,23,25)/b6-5+/t20-,22+/m0/s1. The van der Waals surface area contributed by atoms with Gasteiger partial charge in [-0.2, -0.15) is 0 Å². The lowest BCUT2D eigenvalue weighted by Gasteiger charge is -2.40. The molecular weight excluding hydrogens is 358 g/mol. The number of methoxy groups -OCH3 is 2. The van der Waals surface area contributed by atoms with Gasteiger partial charge in [0.1, 0.15) is 11.5 Å². The molecule has 0 unspecified atom stereocenters. The molecule has 0 fully saturated rings. The van der Waals surface area contributed by atoms with Crippen molar-refractivity contribution >= 4 is 17.7 Å². The number of fused-ring (bicyclic) bond motifs is 1. The van der Waals surface area contributed by atoms with Crippen LogP contribution >= 0.6 is 0 Å². The predicted molar refractivity (Wildman–Crippen MR) is 107 cm³/mol. The Balaban J connectivity index is 2.26. The van der Waals surface area contributed by atoms with Crippen molar-refractivity contribution in [3.63, 3.8) is 0 Å². The molecule has 0 bridgehead atoms. The van der Waals surface area contributed by atoms with Gasteiger partial charge in [-0.05, 0) is 36.8 Å². The van der Waals surface area contributed by atoms with Crippen LogP contribution in [0.1, 0.15) is 23.6 Å². The molecular formula is C22H23NO5. The summed E-state index contributed by atoms with van der Waals surface area (Å²) in [4.78, 5) is 12.6. The molecule has 2 aromatic carbocycles. The number of anilines is 1. The largest absolute Gasteiger partial charge is 0.507 e. The molecule has 3 rings (SSSR count). The molecule has 0 spiro atoms. The van der Waals surface area contributed by atoms with Crippen LogP contribution in [0.4, 0.5) is 5.69 Å². The minimum absolute atomic E-state index is 0.143. The van der Waals surface area contributed by atoms with E-state index in [9.17, 15) is 15.0 Å². The molecule has 146 valence electrons. The molecule has 1 aliphatic heterocycles. The molecule has 6 nitrogen and oxygen atoms in total. The minimum Gasteiger partial charge on any atom is -0.507 e. The highest BCUT2D eigenvalue weighted by molar-refractivity contribution is 6.00. The Hall–Kier alpha value is -3.09. The first-order valence-electron chi connectivity index (χ1n) is 8.73. The van der Waals surface area contributed by atoms with Crippen LogP contribution in [-0.2, 0) is 15.1 Å². The lowest BCUT2D eigenvalue weighted by molar-refractivity contribution is -0.142. The zero-order valence-electron chi connectivity index (χ0n) is 16.0. The number of ether oxygens (including phenoxy) is 2. The number of benzene rings is 2. The van der Waals surface area contributed by atoms with Gasteiger partial charge in [0.05, 0.1) is 18.4 Å². The average molecular weight is 381 g/mol. The number of allylic oxidation sites excluding steroid dienone is 2. The number of hydrogen-bond donors (Lipinski definition) is 3. The number of carbonyl (C=O) groups is 1. The van der Waals surface area contributed by atoms with Crippen molar-refractivity contribution in [1.29, 1.82) is 0 Å². The first kappa shape index (κ1) is 19.7. The summed E-state index contributed by atoms with van der Waals surface area (Å²) in [5.74, 6) is -0.0440. The smallest absolute Gasteiger partial charge is 0.257 e. The normalized spacial score (nSPS) is 21.3. The summed E-state index contributed by atoms with van der Waals surface area (Å²) < 4.78 is 10.5. The number of rotatable bonds is 5. The first-order valence-corrected chi connectivity index (χ1v) is 8.73. The Bertz CT molecular complexity index is 948. The zero-order chi connectivity index (χ0) is 20.5. The molecule has 0 aromatic heterocycles. The van der Waals surface area contributed by atoms with E-state index in [0.29, 0.717) is 22.6 Å². The van der Waals surface area contributed by atoms with Crippen LogP contribution in [0.2, 0.25) is 0 Å². The van der Waals surface area contributed by atoms with Crippen molar-refractivity contribution in [3.05, 3.63) is 71.3 Å². The fourth-order valence-electron chi connectivity index (χ4n) is 3.40. The molecule has 2 aromatic rings. The number of hydrogen-bond acceptors (Lipinski definition) is 5. The highest BCUT2D eigenvalue weighted by Gasteiger charge is 2.51. The minimum atomic E-state index is -1.89. The lowest BCUT2D eigenvalue weighted by Crippen LogP contribution is -2.52. The zero-order valence-corrected chi connectivity index (χ0v) is 16.0. The second-order valence-electron chi connectivity index (χ2n) is 6.71. The van der Waals surface area contributed by atoms with Crippen molar-refractivity contribution in [2.24, 2.45) is 0 Å². The Morgan fingerprint density at radius 3 is 2.46 bits per heavy atom. The highest BCUT2D eigenvalue weighted by atomic mass is 16.5. The Morgan fingerprint density at radius 2 is 1.89 bits per heavy atom. The number of phenolic OH excluding ortho intramolecular Hbond substituents is 1. The third-order valence-corrected chi connectivity index (χ3v) is 4.78. The van der Waals surface area contributed by atoms with Gasteiger partial charge in [0.2, 0.25) is 0 Å². The van der Waals surface area contributed by atoms with Gasteiger partial charge in [0.15, 0.2) is 11.7 Å². The van der Waals surface area contributed by atoms with Gasteiger partial charge in [0, 0.05) is 12.7 Å². The maximum absolute atomic E-state index is 12.6. The average Bonchev–Trinajstić information content (AvgIpc) is 2.67. The summed E-state index contributed by atoms with van der Waals surface area (Å²) in [7, 11) is 2.88. The van der Waals surface area contributed by atoms with Gasteiger partial charge in [-0.15, -0.1) is 0 Å². The lowest BCUT2D eigenvalue weighted by atomic mass is 9.76. The molecule has 0 saturated heterocycles. The highest BCUT2D eigenvalue weighted by Crippen LogP contribution is 2.48. The number of nitrogens with one attached hydrogen (secondary N) is 1. The molecule has 1 heterocycles. The summed E-state index contributed by atoms with van der Waals surface area (Å²) in [6.07, 6.45) is 2.20. The topological polar surface area (TPSA) is 88.0 Å². The SMILES string of the molecule is C=C(C)/C=C/c1ccc2c(c1O)[C@](O)(c1ccc(OC)cc1)[C@@H](OC)C(=O)N2. The monoisotopic (exact) mass is 381 g/mol.